The number of piperidine rings is 1. The summed E-state index contributed by atoms with van der Waals surface area (Å²) in [6.45, 7) is -0.0149. The number of nitrogens with one attached hydrogen (secondary N) is 2. The fraction of sp³-hybridized carbons (Fsp3) is 0.343. The first-order valence-electron chi connectivity index (χ1n) is 16.0. The zero-order chi connectivity index (χ0) is 33.6. The molecular weight excluding hydrogens is 613 g/mol. The molecule has 6 N–H and O–H groups in total. The number of aryl methyl sites for hydroxylation is 2. The quantitative estimate of drug-likeness (QED) is 0.201. The molecule has 3 amide bonds. The lowest BCUT2D eigenvalue weighted by molar-refractivity contribution is -0.131. The van der Waals surface area contributed by atoms with Crippen LogP contribution >= 0.6 is 0 Å². The van der Waals surface area contributed by atoms with Crippen molar-refractivity contribution in [1.82, 2.24) is 30.8 Å². The Morgan fingerprint density at radius 1 is 1.00 bits per heavy atom. The van der Waals surface area contributed by atoms with Gasteiger partial charge < -0.3 is 21.7 Å². The van der Waals surface area contributed by atoms with Crippen LogP contribution < -0.4 is 16.8 Å². The zero-order valence-electron chi connectivity index (χ0n) is 26.0. The second-order valence-corrected chi connectivity index (χ2v) is 13.0. The first-order valence-corrected chi connectivity index (χ1v) is 16.0. The molecule has 2 fully saturated rings. The van der Waals surface area contributed by atoms with Crippen molar-refractivity contribution in [2.75, 3.05) is 6.54 Å². The molecule has 1 saturated carbocycles. The van der Waals surface area contributed by atoms with Crippen LogP contribution in [0.4, 0.5) is 4.39 Å². The normalized spacial score (nSPS) is 20.8. The molecule has 2 aliphatic carbocycles. The molecule has 1 aliphatic heterocycles. The molecule has 244 valence electrons. The maximum Gasteiger partial charge on any atom is 0.248 e. The molecule has 1 aromatic heterocycles. The summed E-state index contributed by atoms with van der Waals surface area (Å²) >= 11 is 0. The van der Waals surface area contributed by atoms with E-state index in [0.717, 1.165) is 34.2 Å². The first-order chi connectivity index (χ1) is 23.2. The SMILES string of the molecule is N#C[C@@H]1C[C@@H]2C[C@@H]2N1C(=O)CN[C@@H](Cc1ccc(F)cc1)CC1(c2nnn[nH]2)c2ccc(C(N)=O)cc2CCc2cc(C(N)=O)ccc21. The van der Waals surface area contributed by atoms with Gasteiger partial charge in [0.1, 0.15) is 11.9 Å². The van der Waals surface area contributed by atoms with Gasteiger partial charge in [-0.05, 0) is 119 Å². The smallest absolute Gasteiger partial charge is 0.248 e. The molecule has 4 atom stereocenters. The predicted molar refractivity (Wildman–Crippen MR) is 171 cm³/mol. The largest absolute Gasteiger partial charge is 0.366 e. The molecule has 7 rings (SSSR count). The number of tetrazole rings is 1. The van der Waals surface area contributed by atoms with Crippen LogP contribution in [-0.2, 0) is 29.5 Å². The van der Waals surface area contributed by atoms with Crippen LogP contribution in [0, 0.1) is 23.1 Å². The number of halogens is 1. The van der Waals surface area contributed by atoms with Gasteiger partial charge in [-0.3, -0.25) is 14.4 Å². The van der Waals surface area contributed by atoms with Crippen molar-refractivity contribution in [3.05, 3.63) is 111 Å². The number of hydrogen-bond acceptors (Lipinski definition) is 8. The number of rotatable bonds is 10. The topological polar surface area (TPSA) is 197 Å². The Hall–Kier alpha value is -5.48. The van der Waals surface area contributed by atoms with Gasteiger partial charge in [0.15, 0.2) is 5.82 Å². The minimum absolute atomic E-state index is 0.0149. The number of carbonyl (C=O) groups is 3. The van der Waals surface area contributed by atoms with E-state index in [-0.39, 0.29) is 24.3 Å². The van der Waals surface area contributed by atoms with E-state index in [1.165, 1.54) is 12.1 Å². The lowest BCUT2D eigenvalue weighted by Crippen LogP contribution is -2.48. The number of aromatic nitrogens is 4. The Morgan fingerprint density at radius 3 is 2.21 bits per heavy atom. The monoisotopic (exact) mass is 647 g/mol. The zero-order valence-corrected chi connectivity index (χ0v) is 26.0. The average Bonchev–Trinajstić information content (AvgIpc) is 3.46. The van der Waals surface area contributed by atoms with E-state index in [1.54, 1.807) is 41.3 Å². The summed E-state index contributed by atoms with van der Waals surface area (Å²) in [6.07, 6.45) is 3.38. The second-order valence-electron chi connectivity index (χ2n) is 13.0. The number of nitrogens with zero attached hydrogens (tertiary/aromatic N) is 5. The highest BCUT2D eigenvalue weighted by Crippen LogP contribution is 2.48. The van der Waals surface area contributed by atoms with Crippen molar-refractivity contribution < 1.29 is 18.8 Å². The molecular formula is C35H34FN9O3. The third-order valence-corrected chi connectivity index (χ3v) is 10.1. The summed E-state index contributed by atoms with van der Waals surface area (Å²) in [5.74, 6) is -0.830. The molecule has 1 saturated heterocycles. The Bertz CT molecular complexity index is 1870. The Morgan fingerprint density at radius 2 is 1.65 bits per heavy atom. The van der Waals surface area contributed by atoms with Crippen molar-refractivity contribution in [3.63, 3.8) is 0 Å². The number of benzene rings is 3. The number of carbonyl (C=O) groups excluding carboxylic acids is 3. The molecule has 4 aromatic rings. The minimum Gasteiger partial charge on any atom is -0.366 e. The van der Waals surface area contributed by atoms with E-state index < -0.39 is 29.3 Å². The van der Waals surface area contributed by atoms with Crippen molar-refractivity contribution in [2.24, 2.45) is 17.4 Å². The number of H-pyrrole nitrogens is 1. The highest BCUT2D eigenvalue weighted by molar-refractivity contribution is 5.94. The molecule has 48 heavy (non-hydrogen) atoms. The van der Waals surface area contributed by atoms with Crippen LogP contribution in [0.5, 0.6) is 0 Å². The predicted octanol–water partition coefficient (Wildman–Crippen LogP) is 2.07. The third-order valence-electron chi connectivity index (χ3n) is 10.1. The van der Waals surface area contributed by atoms with E-state index in [0.29, 0.717) is 55.0 Å². The number of amides is 3. The summed E-state index contributed by atoms with van der Waals surface area (Å²) in [5, 5.41) is 28.5. The van der Waals surface area contributed by atoms with Crippen LogP contribution in [0.3, 0.4) is 0 Å². The van der Waals surface area contributed by atoms with E-state index in [1.807, 2.05) is 12.1 Å². The van der Waals surface area contributed by atoms with Crippen molar-refractivity contribution in [2.45, 2.75) is 62.1 Å². The Labute approximate surface area is 275 Å². The number of hydrogen-bond donors (Lipinski definition) is 4. The fourth-order valence-electron chi connectivity index (χ4n) is 7.81. The van der Waals surface area contributed by atoms with Crippen LogP contribution in [0.1, 0.15) is 73.6 Å². The van der Waals surface area contributed by atoms with Crippen LogP contribution in [-0.4, -0.2) is 67.9 Å². The fourth-order valence-corrected chi connectivity index (χ4v) is 7.81. The highest BCUT2D eigenvalue weighted by atomic mass is 19.1. The summed E-state index contributed by atoms with van der Waals surface area (Å²) in [7, 11) is 0. The van der Waals surface area contributed by atoms with Gasteiger partial charge >= 0.3 is 0 Å². The van der Waals surface area contributed by atoms with Gasteiger partial charge in [-0.25, -0.2) is 9.49 Å². The molecule has 0 spiro atoms. The van der Waals surface area contributed by atoms with Crippen LogP contribution in [0.25, 0.3) is 0 Å². The Balaban J connectivity index is 1.35. The van der Waals surface area contributed by atoms with Crippen molar-refractivity contribution in [1.29, 1.82) is 5.26 Å². The number of nitriles is 1. The van der Waals surface area contributed by atoms with Gasteiger partial charge in [0.2, 0.25) is 17.7 Å². The summed E-state index contributed by atoms with van der Waals surface area (Å²) in [4.78, 5) is 39.9. The minimum atomic E-state index is -1.07. The highest BCUT2D eigenvalue weighted by Gasteiger charge is 2.54. The standard InChI is InChI=1S/C35H34FN9O3/c36-25-7-1-19(2-8-25)11-26(40-18-31(46)45-27(17-37)14-24-15-30(24)45)16-35(34-41-43-44-42-34)28-9-5-22(32(38)47)12-20(28)3-4-21-13-23(33(39)48)6-10-29(21)35/h1-2,5-10,12-13,24,26-27,30,40H,3-4,11,14-16,18H2,(H2,38,47)(H2,39,48)(H,41,42,43,44)/t24-,26+,27+,30+/m1/s1. The summed E-state index contributed by atoms with van der Waals surface area (Å²) < 4.78 is 14.0. The first kappa shape index (κ1) is 31.1. The maximum atomic E-state index is 14.0. The lowest BCUT2D eigenvalue weighted by atomic mass is 9.67. The van der Waals surface area contributed by atoms with E-state index in [4.69, 9.17) is 11.5 Å². The second kappa shape index (κ2) is 12.3. The number of fused-ring (bicyclic) bond motifs is 3. The number of aromatic amines is 1. The van der Waals surface area contributed by atoms with Gasteiger partial charge in [-0.1, -0.05) is 24.3 Å². The molecule has 0 bridgehead atoms. The Kier molecular flexibility index (Phi) is 7.96. The third kappa shape index (κ3) is 5.58. The number of primary amides is 2. The maximum absolute atomic E-state index is 14.0. The van der Waals surface area contributed by atoms with Gasteiger partial charge in [-0.2, -0.15) is 5.26 Å². The van der Waals surface area contributed by atoms with Gasteiger partial charge in [-0.15, -0.1) is 5.10 Å². The van der Waals surface area contributed by atoms with Crippen molar-refractivity contribution >= 4 is 17.7 Å². The van der Waals surface area contributed by atoms with E-state index >= 15 is 0 Å². The van der Waals surface area contributed by atoms with Crippen molar-refractivity contribution in [3.8, 4) is 6.07 Å². The van der Waals surface area contributed by atoms with E-state index in [9.17, 15) is 24.0 Å². The summed E-state index contributed by atoms with van der Waals surface area (Å²) in [5.41, 5.74) is 15.2. The molecule has 13 heteroatoms. The molecule has 3 aliphatic rings. The molecule has 12 nitrogen and oxygen atoms in total. The molecule has 0 unspecified atom stereocenters. The van der Waals surface area contributed by atoms with Gasteiger partial charge in [0, 0.05) is 23.2 Å². The summed E-state index contributed by atoms with van der Waals surface area (Å²) in [6, 6.07) is 18.4. The van der Waals surface area contributed by atoms with Crippen LogP contribution in [0.15, 0.2) is 60.7 Å². The molecule has 0 radical (unpaired) electrons. The molecule has 2 heterocycles. The van der Waals surface area contributed by atoms with Gasteiger partial charge in [0.25, 0.3) is 0 Å². The van der Waals surface area contributed by atoms with Gasteiger partial charge in [0.05, 0.1) is 18.0 Å². The number of likely N-dealkylation sites (tertiary alicyclic amines) is 1. The number of nitrogens with two attached hydrogens (primary N) is 2. The molecule has 3 aromatic carbocycles. The lowest BCUT2D eigenvalue weighted by Gasteiger charge is -2.38. The van der Waals surface area contributed by atoms with Crippen LogP contribution in [0.2, 0.25) is 0 Å². The average molecular weight is 648 g/mol. The van der Waals surface area contributed by atoms with E-state index in [2.05, 4.69) is 32.0 Å².